The van der Waals surface area contributed by atoms with Crippen LogP contribution >= 0.6 is 0 Å². The third-order valence-electron chi connectivity index (χ3n) is 3.90. The summed E-state index contributed by atoms with van der Waals surface area (Å²) in [5.41, 5.74) is -0.409. The van der Waals surface area contributed by atoms with Crippen LogP contribution in [0.2, 0.25) is 0 Å². The fourth-order valence-electron chi connectivity index (χ4n) is 2.63. The van der Waals surface area contributed by atoms with Crippen molar-refractivity contribution in [2.24, 2.45) is 5.41 Å². The maximum Gasteiger partial charge on any atom is 0.333 e. The minimum atomic E-state index is -1.21. The molecule has 3 heteroatoms. The monoisotopic (exact) mass is 258 g/mol. The Morgan fingerprint density at radius 3 is 1.50 bits per heavy atom. The molecule has 0 aromatic heterocycles. The average Bonchev–Trinajstić information content (AvgIpc) is 2.37. The second kappa shape index (κ2) is 9.37. The molecule has 0 aliphatic heterocycles. The molecule has 0 aliphatic rings. The Hall–Kier alpha value is -0.570. The first-order chi connectivity index (χ1) is 8.54. The van der Waals surface area contributed by atoms with Gasteiger partial charge in [-0.15, -0.1) is 0 Å². The third kappa shape index (κ3) is 5.38. The van der Waals surface area contributed by atoms with E-state index in [0.717, 1.165) is 57.8 Å². The van der Waals surface area contributed by atoms with E-state index in [9.17, 15) is 9.90 Å². The van der Waals surface area contributed by atoms with Crippen LogP contribution in [0, 0.1) is 5.41 Å². The largest absolute Gasteiger partial charge is 0.479 e. The summed E-state index contributed by atoms with van der Waals surface area (Å²) in [7, 11) is 0. The van der Waals surface area contributed by atoms with E-state index >= 15 is 0 Å². The molecule has 1 unspecified atom stereocenters. The summed E-state index contributed by atoms with van der Waals surface area (Å²) >= 11 is 0. The zero-order chi connectivity index (χ0) is 14.0. The fourth-order valence-corrected chi connectivity index (χ4v) is 2.63. The predicted molar refractivity (Wildman–Crippen MR) is 74.7 cm³/mol. The zero-order valence-corrected chi connectivity index (χ0v) is 12.2. The first kappa shape index (κ1) is 17.4. The van der Waals surface area contributed by atoms with Crippen LogP contribution in [0.3, 0.4) is 0 Å². The topological polar surface area (TPSA) is 57.5 Å². The molecule has 0 rings (SSSR count). The summed E-state index contributed by atoms with van der Waals surface area (Å²) < 4.78 is 0. The van der Waals surface area contributed by atoms with Gasteiger partial charge in [-0.05, 0) is 19.3 Å². The van der Waals surface area contributed by atoms with Gasteiger partial charge in [0.1, 0.15) is 0 Å². The highest BCUT2D eigenvalue weighted by Crippen LogP contribution is 2.40. The average molecular weight is 258 g/mol. The van der Waals surface area contributed by atoms with Crippen LogP contribution in [0.1, 0.15) is 78.6 Å². The summed E-state index contributed by atoms with van der Waals surface area (Å²) in [6.07, 6.45) is 7.42. The number of rotatable bonds is 11. The van der Waals surface area contributed by atoms with Crippen LogP contribution in [0.25, 0.3) is 0 Å². The number of hydrogen-bond acceptors (Lipinski definition) is 2. The number of unbranched alkanes of at least 4 members (excludes halogenated alkanes) is 3. The molecule has 0 fully saturated rings. The van der Waals surface area contributed by atoms with Crippen molar-refractivity contribution in [3.63, 3.8) is 0 Å². The lowest BCUT2D eigenvalue weighted by Gasteiger charge is -2.36. The highest BCUT2D eigenvalue weighted by molar-refractivity contribution is 5.73. The lowest BCUT2D eigenvalue weighted by Crippen LogP contribution is -2.41. The van der Waals surface area contributed by atoms with Crippen molar-refractivity contribution in [2.45, 2.75) is 84.7 Å². The molecule has 0 aliphatic carbocycles. The van der Waals surface area contributed by atoms with E-state index in [1.165, 1.54) is 0 Å². The molecule has 2 N–H and O–H groups in total. The van der Waals surface area contributed by atoms with Gasteiger partial charge in [0, 0.05) is 5.41 Å². The maximum absolute atomic E-state index is 11.2. The van der Waals surface area contributed by atoms with Crippen LogP contribution in [0.15, 0.2) is 0 Å². The van der Waals surface area contributed by atoms with Crippen molar-refractivity contribution in [1.29, 1.82) is 0 Å². The summed E-state index contributed by atoms with van der Waals surface area (Å²) in [4.78, 5) is 11.2. The Morgan fingerprint density at radius 1 is 0.944 bits per heavy atom. The second-order valence-electron chi connectivity index (χ2n) is 5.41. The van der Waals surface area contributed by atoms with E-state index < -0.39 is 17.5 Å². The predicted octanol–water partition coefficient (Wildman–Crippen LogP) is 3.99. The molecular formula is C15H30O3. The molecule has 0 radical (unpaired) electrons. The van der Waals surface area contributed by atoms with E-state index in [1.807, 2.05) is 0 Å². The fraction of sp³-hybridized carbons (Fsp3) is 0.933. The molecule has 0 aromatic carbocycles. The summed E-state index contributed by atoms with van der Waals surface area (Å²) in [5, 5.41) is 19.3. The number of aliphatic carboxylic acids is 1. The third-order valence-corrected chi connectivity index (χ3v) is 3.90. The number of hydrogen-bond donors (Lipinski definition) is 2. The Labute approximate surface area is 112 Å². The number of aliphatic hydroxyl groups excluding tert-OH is 1. The molecule has 0 spiro atoms. The van der Waals surface area contributed by atoms with Crippen molar-refractivity contribution in [3.05, 3.63) is 0 Å². The second-order valence-corrected chi connectivity index (χ2v) is 5.41. The molecule has 18 heavy (non-hydrogen) atoms. The van der Waals surface area contributed by atoms with Crippen molar-refractivity contribution in [3.8, 4) is 0 Å². The van der Waals surface area contributed by atoms with Gasteiger partial charge in [0.2, 0.25) is 0 Å². The normalized spacial score (nSPS) is 13.6. The van der Waals surface area contributed by atoms with Gasteiger partial charge in [0.25, 0.3) is 0 Å². The minimum Gasteiger partial charge on any atom is -0.479 e. The Balaban J connectivity index is 4.89. The molecule has 3 nitrogen and oxygen atoms in total. The number of aliphatic hydroxyl groups is 1. The molecule has 0 aromatic rings. The van der Waals surface area contributed by atoms with Crippen LogP contribution in [-0.4, -0.2) is 22.3 Å². The summed E-state index contributed by atoms with van der Waals surface area (Å²) in [5.74, 6) is -1.06. The molecule has 1 atom stereocenters. The highest BCUT2D eigenvalue weighted by Gasteiger charge is 2.40. The smallest absolute Gasteiger partial charge is 0.333 e. The quantitative estimate of drug-likeness (QED) is 0.589. The van der Waals surface area contributed by atoms with Gasteiger partial charge in [-0.1, -0.05) is 59.3 Å². The molecular weight excluding hydrogens is 228 g/mol. The van der Waals surface area contributed by atoms with Gasteiger partial charge in [0.05, 0.1) is 0 Å². The van der Waals surface area contributed by atoms with Crippen LogP contribution in [0.5, 0.6) is 0 Å². The van der Waals surface area contributed by atoms with Gasteiger partial charge in [-0.25, -0.2) is 4.79 Å². The highest BCUT2D eigenvalue weighted by atomic mass is 16.4. The van der Waals surface area contributed by atoms with Gasteiger partial charge < -0.3 is 10.2 Å². The van der Waals surface area contributed by atoms with Crippen LogP contribution in [0.4, 0.5) is 0 Å². The van der Waals surface area contributed by atoms with Gasteiger partial charge in [-0.2, -0.15) is 0 Å². The lowest BCUT2D eigenvalue weighted by molar-refractivity contribution is -0.156. The van der Waals surface area contributed by atoms with Crippen molar-refractivity contribution >= 4 is 5.97 Å². The first-order valence-corrected chi connectivity index (χ1v) is 7.45. The SMILES string of the molecule is CCCCC(CCCC)(CCCC)C(O)C(=O)O. The zero-order valence-electron chi connectivity index (χ0n) is 12.2. The van der Waals surface area contributed by atoms with Crippen LogP contribution < -0.4 is 0 Å². The van der Waals surface area contributed by atoms with Crippen molar-refractivity contribution in [1.82, 2.24) is 0 Å². The van der Waals surface area contributed by atoms with E-state index in [-0.39, 0.29) is 0 Å². The molecule has 0 heterocycles. The molecule has 0 saturated carbocycles. The minimum absolute atomic E-state index is 0.409. The Kier molecular flexibility index (Phi) is 9.08. The van der Waals surface area contributed by atoms with E-state index in [1.54, 1.807) is 0 Å². The molecule has 0 bridgehead atoms. The maximum atomic E-state index is 11.2. The molecule has 108 valence electrons. The molecule has 0 amide bonds. The standard InChI is InChI=1S/C15H30O3/c1-4-7-10-15(11-8-5-2,12-9-6-3)13(16)14(17)18/h13,16H,4-12H2,1-3H3,(H,17,18). The van der Waals surface area contributed by atoms with E-state index in [0.29, 0.717) is 0 Å². The summed E-state index contributed by atoms with van der Waals surface area (Å²) in [6, 6.07) is 0. The first-order valence-electron chi connectivity index (χ1n) is 7.45. The lowest BCUT2D eigenvalue weighted by atomic mass is 9.70. The molecule has 0 saturated heterocycles. The number of carbonyl (C=O) groups is 1. The Morgan fingerprint density at radius 2 is 1.28 bits per heavy atom. The van der Waals surface area contributed by atoms with Crippen molar-refractivity contribution < 1.29 is 15.0 Å². The van der Waals surface area contributed by atoms with Crippen LogP contribution in [-0.2, 0) is 4.79 Å². The van der Waals surface area contributed by atoms with E-state index in [2.05, 4.69) is 20.8 Å². The van der Waals surface area contributed by atoms with Crippen molar-refractivity contribution in [2.75, 3.05) is 0 Å². The van der Waals surface area contributed by atoms with Gasteiger partial charge in [0.15, 0.2) is 6.10 Å². The van der Waals surface area contributed by atoms with E-state index in [4.69, 9.17) is 5.11 Å². The Bertz CT molecular complexity index is 204. The van der Waals surface area contributed by atoms with Gasteiger partial charge >= 0.3 is 5.97 Å². The van der Waals surface area contributed by atoms with Gasteiger partial charge in [-0.3, -0.25) is 0 Å². The summed E-state index contributed by atoms with van der Waals surface area (Å²) in [6.45, 7) is 6.33. The number of carboxylic acid groups (broad SMARTS) is 1. The number of carboxylic acids is 1.